The summed E-state index contributed by atoms with van der Waals surface area (Å²) in [5, 5.41) is 3.92. The Morgan fingerprint density at radius 1 is 1.24 bits per heavy atom. The van der Waals surface area contributed by atoms with Gasteiger partial charge in [-0.25, -0.2) is 0 Å². The fourth-order valence-electron chi connectivity index (χ4n) is 2.17. The van der Waals surface area contributed by atoms with Crippen LogP contribution in [0.15, 0.2) is 53.1 Å². The Bertz CT molecular complexity index is 768. The minimum atomic E-state index is -0.0988. The highest BCUT2D eigenvalue weighted by atomic mass is 79.9. The molecule has 0 spiro atoms. The van der Waals surface area contributed by atoms with Crippen molar-refractivity contribution in [2.45, 2.75) is 6.42 Å². The van der Waals surface area contributed by atoms with Gasteiger partial charge in [0, 0.05) is 40.2 Å². The third-order valence-corrected chi connectivity index (χ3v) is 3.72. The molecule has 106 valence electrons. The van der Waals surface area contributed by atoms with Gasteiger partial charge >= 0.3 is 0 Å². The number of nitrogens with zero attached hydrogens (tertiary/aromatic N) is 1. The normalized spacial score (nSPS) is 10.7. The first-order valence-electron chi connectivity index (χ1n) is 6.69. The molecule has 2 heterocycles. The van der Waals surface area contributed by atoms with Crippen molar-refractivity contribution in [2.75, 3.05) is 6.54 Å². The number of aromatic amines is 1. The summed E-state index contributed by atoms with van der Waals surface area (Å²) in [6.45, 7) is 0.564. The standard InChI is InChI=1S/C16H14BrN3O/c17-12-5-4-11-9-15(20-14(11)10-12)16(21)19-8-6-13-3-1-2-7-18-13/h1-5,7,9-10,20H,6,8H2,(H,19,21). The molecule has 0 radical (unpaired) electrons. The van der Waals surface area contributed by atoms with Crippen molar-refractivity contribution < 1.29 is 4.79 Å². The van der Waals surface area contributed by atoms with E-state index in [1.165, 1.54) is 0 Å². The predicted molar refractivity (Wildman–Crippen MR) is 86.3 cm³/mol. The van der Waals surface area contributed by atoms with E-state index < -0.39 is 0 Å². The van der Waals surface area contributed by atoms with Gasteiger partial charge < -0.3 is 10.3 Å². The Morgan fingerprint density at radius 2 is 2.14 bits per heavy atom. The van der Waals surface area contributed by atoms with Gasteiger partial charge in [0.25, 0.3) is 5.91 Å². The number of carbonyl (C=O) groups is 1. The first-order chi connectivity index (χ1) is 10.2. The van der Waals surface area contributed by atoms with Crippen LogP contribution in [-0.2, 0) is 6.42 Å². The molecule has 1 aromatic carbocycles. The van der Waals surface area contributed by atoms with Gasteiger partial charge in [-0.3, -0.25) is 9.78 Å². The molecule has 0 fully saturated rings. The zero-order valence-corrected chi connectivity index (χ0v) is 12.9. The van der Waals surface area contributed by atoms with Gasteiger partial charge in [-0.15, -0.1) is 0 Å². The lowest BCUT2D eigenvalue weighted by atomic mass is 10.2. The number of pyridine rings is 1. The van der Waals surface area contributed by atoms with Crippen LogP contribution in [0.4, 0.5) is 0 Å². The SMILES string of the molecule is O=C(NCCc1ccccn1)c1cc2ccc(Br)cc2[nH]1. The van der Waals surface area contributed by atoms with Crippen LogP contribution in [0.25, 0.3) is 10.9 Å². The summed E-state index contributed by atoms with van der Waals surface area (Å²) in [5.74, 6) is -0.0988. The van der Waals surface area contributed by atoms with E-state index in [-0.39, 0.29) is 5.91 Å². The molecular weight excluding hydrogens is 330 g/mol. The van der Waals surface area contributed by atoms with Crippen LogP contribution in [0.1, 0.15) is 16.2 Å². The minimum Gasteiger partial charge on any atom is -0.350 e. The molecule has 3 rings (SSSR count). The highest BCUT2D eigenvalue weighted by molar-refractivity contribution is 9.10. The summed E-state index contributed by atoms with van der Waals surface area (Å²) in [5.41, 5.74) is 2.49. The highest BCUT2D eigenvalue weighted by Crippen LogP contribution is 2.20. The fraction of sp³-hybridized carbons (Fsp3) is 0.125. The Kier molecular flexibility index (Phi) is 4.01. The summed E-state index contributed by atoms with van der Waals surface area (Å²) in [7, 11) is 0. The van der Waals surface area contributed by atoms with Crippen LogP contribution >= 0.6 is 15.9 Å². The third-order valence-electron chi connectivity index (χ3n) is 3.22. The van der Waals surface area contributed by atoms with E-state index in [1.54, 1.807) is 6.20 Å². The number of benzene rings is 1. The van der Waals surface area contributed by atoms with Crippen LogP contribution in [0.5, 0.6) is 0 Å². The molecule has 0 saturated heterocycles. The van der Waals surface area contributed by atoms with Gasteiger partial charge in [-0.1, -0.05) is 28.1 Å². The fourth-order valence-corrected chi connectivity index (χ4v) is 2.53. The molecule has 5 heteroatoms. The summed E-state index contributed by atoms with van der Waals surface area (Å²) in [4.78, 5) is 19.5. The number of hydrogen-bond acceptors (Lipinski definition) is 2. The number of halogens is 1. The maximum absolute atomic E-state index is 12.1. The number of amides is 1. The molecule has 2 aromatic heterocycles. The van der Waals surface area contributed by atoms with Crippen molar-refractivity contribution in [1.29, 1.82) is 0 Å². The van der Waals surface area contributed by atoms with E-state index in [9.17, 15) is 4.79 Å². The number of aromatic nitrogens is 2. The quantitative estimate of drug-likeness (QED) is 0.763. The van der Waals surface area contributed by atoms with Crippen molar-refractivity contribution in [3.8, 4) is 0 Å². The maximum atomic E-state index is 12.1. The van der Waals surface area contributed by atoms with Crippen LogP contribution in [0, 0.1) is 0 Å². The van der Waals surface area contributed by atoms with Crippen molar-refractivity contribution in [3.05, 3.63) is 64.5 Å². The van der Waals surface area contributed by atoms with Crippen LogP contribution in [0.2, 0.25) is 0 Å². The van der Waals surface area contributed by atoms with Crippen LogP contribution in [0.3, 0.4) is 0 Å². The number of hydrogen-bond donors (Lipinski definition) is 2. The van der Waals surface area contributed by atoms with Gasteiger partial charge in [-0.2, -0.15) is 0 Å². The number of H-pyrrole nitrogens is 1. The lowest BCUT2D eigenvalue weighted by molar-refractivity contribution is 0.0950. The van der Waals surface area contributed by atoms with E-state index in [0.29, 0.717) is 12.2 Å². The average Bonchev–Trinajstić information content (AvgIpc) is 2.91. The zero-order valence-electron chi connectivity index (χ0n) is 11.3. The number of nitrogens with one attached hydrogen (secondary N) is 2. The highest BCUT2D eigenvalue weighted by Gasteiger charge is 2.09. The zero-order chi connectivity index (χ0) is 14.7. The Labute approximate surface area is 130 Å². The second-order valence-electron chi connectivity index (χ2n) is 4.74. The molecule has 0 unspecified atom stereocenters. The number of carbonyl (C=O) groups excluding carboxylic acids is 1. The molecule has 21 heavy (non-hydrogen) atoms. The van der Waals surface area contributed by atoms with E-state index in [4.69, 9.17) is 0 Å². The molecule has 0 aliphatic rings. The molecule has 0 bridgehead atoms. The third kappa shape index (κ3) is 3.31. The summed E-state index contributed by atoms with van der Waals surface area (Å²) in [6.07, 6.45) is 2.48. The molecule has 0 aliphatic carbocycles. The van der Waals surface area contributed by atoms with Gasteiger partial charge in [0.05, 0.1) is 0 Å². The lowest BCUT2D eigenvalue weighted by Gasteiger charge is -2.03. The minimum absolute atomic E-state index is 0.0988. The molecular formula is C16H14BrN3O. The van der Waals surface area contributed by atoms with Gasteiger partial charge in [0.15, 0.2) is 0 Å². The molecule has 3 aromatic rings. The monoisotopic (exact) mass is 343 g/mol. The second-order valence-corrected chi connectivity index (χ2v) is 5.66. The van der Waals surface area contributed by atoms with Gasteiger partial charge in [0.1, 0.15) is 5.69 Å². The Morgan fingerprint density at radius 3 is 2.95 bits per heavy atom. The van der Waals surface area contributed by atoms with Crippen molar-refractivity contribution in [3.63, 3.8) is 0 Å². The molecule has 1 amide bonds. The summed E-state index contributed by atoms with van der Waals surface area (Å²) in [6, 6.07) is 13.5. The molecule has 0 aliphatic heterocycles. The number of fused-ring (bicyclic) bond motifs is 1. The largest absolute Gasteiger partial charge is 0.350 e. The predicted octanol–water partition coefficient (Wildman–Crippen LogP) is 3.30. The average molecular weight is 344 g/mol. The molecule has 4 nitrogen and oxygen atoms in total. The Hall–Kier alpha value is -2.14. The van der Waals surface area contributed by atoms with Gasteiger partial charge in [0.2, 0.25) is 0 Å². The van der Waals surface area contributed by atoms with E-state index >= 15 is 0 Å². The first-order valence-corrected chi connectivity index (χ1v) is 7.48. The summed E-state index contributed by atoms with van der Waals surface area (Å²) >= 11 is 3.42. The van der Waals surface area contributed by atoms with Crippen molar-refractivity contribution in [1.82, 2.24) is 15.3 Å². The van der Waals surface area contributed by atoms with E-state index in [2.05, 4.69) is 31.2 Å². The molecule has 0 atom stereocenters. The maximum Gasteiger partial charge on any atom is 0.267 e. The molecule has 0 saturated carbocycles. The van der Waals surface area contributed by atoms with Crippen LogP contribution < -0.4 is 5.32 Å². The first kappa shape index (κ1) is 13.8. The van der Waals surface area contributed by atoms with Crippen molar-refractivity contribution >= 4 is 32.7 Å². The van der Waals surface area contributed by atoms with E-state index in [1.807, 2.05) is 42.5 Å². The summed E-state index contributed by atoms with van der Waals surface area (Å²) < 4.78 is 0.985. The topological polar surface area (TPSA) is 57.8 Å². The van der Waals surface area contributed by atoms with Crippen LogP contribution in [-0.4, -0.2) is 22.4 Å². The second kappa shape index (κ2) is 6.10. The van der Waals surface area contributed by atoms with Gasteiger partial charge in [-0.05, 0) is 30.3 Å². The van der Waals surface area contributed by atoms with Crippen molar-refractivity contribution in [2.24, 2.45) is 0 Å². The number of rotatable bonds is 4. The molecule has 2 N–H and O–H groups in total. The van der Waals surface area contributed by atoms with E-state index in [0.717, 1.165) is 27.5 Å². The smallest absolute Gasteiger partial charge is 0.267 e. The Balaban J connectivity index is 1.64. The lowest BCUT2D eigenvalue weighted by Crippen LogP contribution is -2.26.